The van der Waals surface area contributed by atoms with Gasteiger partial charge in [0.05, 0.1) is 0 Å². The van der Waals surface area contributed by atoms with Crippen LogP contribution in [0.1, 0.15) is 20.3 Å². The Labute approximate surface area is 92.6 Å². The highest BCUT2D eigenvalue weighted by Crippen LogP contribution is 2.15. The van der Waals surface area contributed by atoms with Crippen LogP contribution in [0.15, 0.2) is 0 Å². The molecular weight excluding hydrogens is 192 g/mol. The Morgan fingerprint density at radius 3 is 2.71 bits per heavy atom. The summed E-state index contributed by atoms with van der Waals surface area (Å²) in [6, 6.07) is 0. The average molecular weight is 216 g/mol. The van der Waals surface area contributed by atoms with Crippen LogP contribution in [0.2, 0.25) is 0 Å². The van der Waals surface area contributed by atoms with Crippen LogP contribution >= 0.6 is 11.8 Å². The van der Waals surface area contributed by atoms with Crippen molar-refractivity contribution in [2.75, 3.05) is 37.7 Å². The Morgan fingerprint density at radius 2 is 2.07 bits per heavy atom. The lowest BCUT2D eigenvalue weighted by atomic mass is 9.95. The number of nitrogens with two attached hydrogens (primary N) is 1. The molecule has 0 saturated carbocycles. The number of hydrogen-bond donors (Lipinski definition) is 1. The second-order valence-corrected chi connectivity index (χ2v) is 5.73. The van der Waals surface area contributed by atoms with Gasteiger partial charge in [-0.15, -0.1) is 0 Å². The van der Waals surface area contributed by atoms with Gasteiger partial charge in [-0.1, -0.05) is 13.8 Å². The molecule has 0 spiro atoms. The molecule has 3 heteroatoms. The van der Waals surface area contributed by atoms with Gasteiger partial charge in [-0.3, -0.25) is 0 Å². The van der Waals surface area contributed by atoms with Crippen molar-refractivity contribution in [2.45, 2.75) is 20.3 Å². The highest BCUT2D eigenvalue weighted by molar-refractivity contribution is 7.99. The molecule has 0 aromatic rings. The fourth-order valence-electron chi connectivity index (χ4n) is 1.87. The van der Waals surface area contributed by atoms with E-state index in [4.69, 9.17) is 5.73 Å². The van der Waals surface area contributed by atoms with Gasteiger partial charge in [0.15, 0.2) is 0 Å². The molecule has 2 N–H and O–H groups in total. The minimum Gasteiger partial charge on any atom is -0.330 e. The highest BCUT2D eigenvalue weighted by atomic mass is 32.2. The molecule has 1 fully saturated rings. The van der Waals surface area contributed by atoms with E-state index in [0.29, 0.717) is 5.92 Å². The van der Waals surface area contributed by atoms with E-state index in [1.807, 2.05) is 0 Å². The van der Waals surface area contributed by atoms with Gasteiger partial charge in [-0.2, -0.15) is 11.8 Å². The molecule has 1 heterocycles. The second-order valence-electron chi connectivity index (χ2n) is 4.51. The lowest BCUT2D eigenvalue weighted by Crippen LogP contribution is -2.36. The summed E-state index contributed by atoms with van der Waals surface area (Å²) in [7, 11) is 0. The van der Waals surface area contributed by atoms with Crippen molar-refractivity contribution in [2.24, 2.45) is 17.6 Å². The van der Waals surface area contributed by atoms with Crippen LogP contribution in [0.25, 0.3) is 0 Å². The van der Waals surface area contributed by atoms with E-state index >= 15 is 0 Å². The molecule has 0 bridgehead atoms. The van der Waals surface area contributed by atoms with Gasteiger partial charge in [0.1, 0.15) is 0 Å². The quantitative estimate of drug-likeness (QED) is 0.775. The van der Waals surface area contributed by atoms with Crippen LogP contribution in [0.4, 0.5) is 0 Å². The maximum absolute atomic E-state index is 5.80. The average Bonchev–Trinajstić information content (AvgIpc) is 2.41. The first-order valence-corrected chi connectivity index (χ1v) is 6.89. The molecule has 1 rings (SSSR count). The summed E-state index contributed by atoms with van der Waals surface area (Å²) in [6.45, 7) is 9.13. The van der Waals surface area contributed by atoms with Crippen molar-refractivity contribution in [1.29, 1.82) is 0 Å². The third-order valence-corrected chi connectivity index (χ3v) is 4.10. The van der Waals surface area contributed by atoms with Crippen molar-refractivity contribution in [3.05, 3.63) is 0 Å². The topological polar surface area (TPSA) is 29.3 Å². The third kappa shape index (κ3) is 4.20. The predicted octanol–water partition coefficient (Wildman–Crippen LogP) is 1.66. The van der Waals surface area contributed by atoms with E-state index in [9.17, 15) is 0 Å². The molecule has 1 atom stereocenters. The molecule has 0 radical (unpaired) electrons. The third-order valence-electron chi connectivity index (χ3n) is 3.05. The Kier molecular flexibility index (Phi) is 5.90. The van der Waals surface area contributed by atoms with E-state index < -0.39 is 0 Å². The van der Waals surface area contributed by atoms with E-state index in [0.717, 1.165) is 12.5 Å². The smallest absolute Gasteiger partial charge is 0.00725 e. The van der Waals surface area contributed by atoms with Crippen LogP contribution < -0.4 is 5.73 Å². The van der Waals surface area contributed by atoms with Gasteiger partial charge in [-0.05, 0) is 37.1 Å². The van der Waals surface area contributed by atoms with E-state index in [1.165, 1.54) is 37.6 Å². The summed E-state index contributed by atoms with van der Waals surface area (Å²) in [5.74, 6) is 4.04. The molecular formula is C11H24N2S. The van der Waals surface area contributed by atoms with Crippen LogP contribution in [0.3, 0.4) is 0 Å². The molecule has 84 valence electrons. The summed E-state index contributed by atoms with van der Waals surface area (Å²) in [4.78, 5) is 2.59. The summed E-state index contributed by atoms with van der Waals surface area (Å²) < 4.78 is 0. The largest absolute Gasteiger partial charge is 0.330 e. The molecule has 1 aliphatic rings. The van der Waals surface area contributed by atoms with Crippen molar-refractivity contribution in [1.82, 2.24) is 4.90 Å². The van der Waals surface area contributed by atoms with Gasteiger partial charge in [0.25, 0.3) is 0 Å². The van der Waals surface area contributed by atoms with Crippen molar-refractivity contribution in [3.63, 3.8) is 0 Å². The van der Waals surface area contributed by atoms with Crippen LogP contribution in [-0.4, -0.2) is 42.6 Å². The van der Waals surface area contributed by atoms with Crippen LogP contribution in [-0.2, 0) is 0 Å². The standard InChI is InChI=1S/C11H24N2S/c1-10(2)11(8-12)9-13-4-3-6-14-7-5-13/h10-11H,3-9,12H2,1-2H3. The Balaban J connectivity index is 2.32. The molecule has 1 aliphatic heterocycles. The van der Waals surface area contributed by atoms with Gasteiger partial charge in [0.2, 0.25) is 0 Å². The van der Waals surface area contributed by atoms with Crippen LogP contribution in [0.5, 0.6) is 0 Å². The molecule has 2 nitrogen and oxygen atoms in total. The minimum atomic E-state index is 0.679. The van der Waals surface area contributed by atoms with Crippen molar-refractivity contribution < 1.29 is 0 Å². The van der Waals surface area contributed by atoms with E-state index in [2.05, 4.69) is 30.5 Å². The zero-order valence-electron chi connectivity index (χ0n) is 9.54. The molecule has 0 aromatic carbocycles. The number of rotatable bonds is 4. The molecule has 0 aromatic heterocycles. The number of hydrogen-bond acceptors (Lipinski definition) is 3. The minimum absolute atomic E-state index is 0.679. The maximum Gasteiger partial charge on any atom is 0.00725 e. The van der Waals surface area contributed by atoms with E-state index in [1.54, 1.807) is 0 Å². The molecule has 0 aliphatic carbocycles. The Bertz CT molecular complexity index is 142. The fraction of sp³-hybridized carbons (Fsp3) is 1.00. The SMILES string of the molecule is CC(C)C(CN)CN1CCCSCC1. The summed E-state index contributed by atoms with van der Waals surface area (Å²) >= 11 is 2.09. The lowest BCUT2D eigenvalue weighted by Gasteiger charge is -2.27. The summed E-state index contributed by atoms with van der Waals surface area (Å²) in [6.07, 6.45) is 1.35. The maximum atomic E-state index is 5.80. The lowest BCUT2D eigenvalue weighted by molar-refractivity contribution is 0.217. The van der Waals surface area contributed by atoms with Gasteiger partial charge >= 0.3 is 0 Å². The fourth-order valence-corrected chi connectivity index (χ4v) is 2.79. The first kappa shape index (κ1) is 12.3. The van der Waals surface area contributed by atoms with Crippen LogP contribution in [0, 0.1) is 11.8 Å². The van der Waals surface area contributed by atoms with Gasteiger partial charge in [-0.25, -0.2) is 0 Å². The first-order valence-electron chi connectivity index (χ1n) is 5.74. The first-order chi connectivity index (χ1) is 6.74. The summed E-state index contributed by atoms with van der Waals surface area (Å²) in [5.41, 5.74) is 5.80. The zero-order chi connectivity index (χ0) is 10.4. The molecule has 0 amide bonds. The normalized spacial score (nSPS) is 22.3. The van der Waals surface area contributed by atoms with Gasteiger partial charge in [0, 0.05) is 18.8 Å². The molecule has 1 saturated heterocycles. The highest BCUT2D eigenvalue weighted by Gasteiger charge is 2.17. The molecule has 1 unspecified atom stereocenters. The monoisotopic (exact) mass is 216 g/mol. The zero-order valence-corrected chi connectivity index (χ0v) is 10.4. The van der Waals surface area contributed by atoms with E-state index in [-0.39, 0.29) is 0 Å². The second kappa shape index (κ2) is 6.70. The van der Waals surface area contributed by atoms with Crippen molar-refractivity contribution in [3.8, 4) is 0 Å². The summed E-state index contributed by atoms with van der Waals surface area (Å²) in [5, 5.41) is 0. The Morgan fingerprint density at radius 1 is 1.29 bits per heavy atom. The number of nitrogens with zero attached hydrogens (tertiary/aromatic N) is 1. The number of thioether (sulfide) groups is 1. The van der Waals surface area contributed by atoms with Gasteiger partial charge < -0.3 is 10.6 Å². The predicted molar refractivity (Wildman–Crippen MR) is 65.8 cm³/mol. The van der Waals surface area contributed by atoms with Crippen molar-refractivity contribution >= 4 is 11.8 Å². The molecule has 14 heavy (non-hydrogen) atoms. The Hall–Kier alpha value is 0.270.